The van der Waals surface area contributed by atoms with Crippen LogP contribution in [0.4, 0.5) is 0 Å². The first-order chi connectivity index (χ1) is 50.7. The first kappa shape index (κ1) is 99.2. The Kier molecular flexibility index (Phi) is 72.9. The predicted molar refractivity (Wildman–Crippen MR) is 427 cm³/mol. The Hall–Kier alpha value is -4.80. The molecule has 0 saturated carbocycles. The number of phosphoric acid groups is 2. The van der Waals surface area contributed by atoms with Gasteiger partial charge in [0.2, 0.25) is 0 Å². The lowest BCUT2D eigenvalue weighted by atomic mass is 10.1. The van der Waals surface area contributed by atoms with Crippen molar-refractivity contribution < 1.29 is 80.2 Å². The Labute approximate surface area is 631 Å². The molecule has 0 saturated heterocycles. The van der Waals surface area contributed by atoms with E-state index in [0.717, 1.165) is 135 Å². The summed E-state index contributed by atoms with van der Waals surface area (Å²) in [5.41, 5.74) is 0. The lowest BCUT2D eigenvalue weighted by Gasteiger charge is -2.21. The average Bonchev–Trinajstić information content (AvgIpc) is 0.937. The summed E-state index contributed by atoms with van der Waals surface area (Å²) in [5, 5.41) is 10.6. The van der Waals surface area contributed by atoms with Crippen LogP contribution < -0.4 is 0 Å². The van der Waals surface area contributed by atoms with Crippen molar-refractivity contribution in [1.82, 2.24) is 0 Å². The van der Waals surface area contributed by atoms with E-state index in [4.69, 9.17) is 37.0 Å². The van der Waals surface area contributed by atoms with Crippen molar-refractivity contribution in [3.05, 3.63) is 134 Å². The molecule has 17 nitrogen and oxygen atoms in total. The first-order valence-corrected chi connectivity index (χ1v) is 43.4. The van der Waals surface area contributed by atoms with Crippen molar-refractivity contribution in [3.8, 4) is 0 Å². The van der Waals surface area contributed by atoms with Crippen LogP contribution in [0.1, 0.15) is 323 Å². The van der Waals surface area contributed by atoms with Gasteiger partial charge in [-0.25, -0.2) is 9.13 Å². The number of carbonyl (C=O) groups excluding carboxylic acids is 4. The number of carbonyl (C=O) groups is 4. The molecule has 0 aliphatic rings. The molecular formula is C85H144O17P2. The fourth-order valence-electron chi connectivity index (χ4n) is 10.3. The number of phosphoric ester groups is 2. The monoisotopic (exact) mass is 1500 g/mol. The van der Waals surface area contributed by atoms with Gasteiger partial charge in [-0.3, -0.25) is 37.3 Å². The summed E-state index contributed by atoms with van der Waals surface area (Å²) in [5.74, 6) is -2.33. The summed E-state index contributed by atoms with van der Waals surface area (Å²) in [7, 11) is -10.00. The number of ether oxygens (including phenoxy) is 4. The van der Waals surface area contributed by atoms with Crippen molar-refractivity contribution >= 4 is 39.5 Å². The maximum atomic E-state index is 13.1. The van der Waals surface area contributed by atoms with Crippen LogP contribution in [0.15, 0.2) is 134 Å². The van der Waals surface area contributed by atoms with Gasteiger partial charge in [0.05, 0.1) is 26.4 Å². The zero-order valence-corrected chi connectivity index (χ0v) is 66.9. The number of unbranched alkanes of at least 4 members (excludes halogenated alkanes) is 27. The van der Waals surface area contributed by atoms with E-state index in [9.17, 15) is 43.2 Å². The predicted octanol–water partition coefficient (Wildman–Crippen LogP) is 23.7. The number of allylic oxidation sites excluding steroid dienone is 22. The summed E-state index contributed by atoms with van der Waals surface area (Å²) in [4.78, 5) is 73.0. The summed E-state index contributed by atoms with van der Waals surface area (Å²) >= 11 is 0. The van der Waals surface area contributed by atoms with Gasteiger partial charge in [-0.1, -0.05) is 271 Å². The van der Waals surface area contributed by atoms with Crippen LogP contribution >= 0.6 is 15.6 Å². The van der Waals surface area contributed by atoms with Crippen molar-refractivity contribution in [1.29, 1.82) is 0 Å². The Balaban J connectivity index is 5.48. The second kappa shape index (κ2) is 76.4. The van der Waals surface area contributed by atoms with Gasteiger partial charge in [-0.15, -0.1) is 0 Å². The molecular weight excluding hydrogens is 1350 g/mol. The van der Waals surface area contributed by atoms with E-state index in [0.29, 0.717) is 38.5 Å². The molecule has 0 aliphatic carbocycles. The topological polar surface area (TPSA) is 237 Å². The highest BCUT2D eigenvalue weighted by molar-refractivity contribution is 7.47. The maximum absolute atomic E-state index is 13.1. The van der Waals surface area contributed by atoms with Crippen LogP contribution in [-0.4, -0.2) is 96.7 Å². The third-order valence-electron chi connectivity index (χ3n) is 16.6. The van der Waals surface area contributed by atoms with Crippen molar-refractivity contribution in [2.24, 2.45) is 0 Å². The fraction of sp³-hybridized carbons (Fsp3) is 0.694. The van der Waals surface area contributed by atoms with E-state index >= 15 is 0 Å². The minimum atomic E-state index is -5.00. The number of aliphatic hydroxyl groups excluding tert-OH is 1. The van der Waals surface area contributed by atoms with E-state index in [1.165, 1.54) is 96.3 Å². The Morgan fingerprint density at radius 2 is 0.481 bits per heavy atom. The lowest BCUT2D eigenvalue weighted by molar-refractivity contribution is -0.161. The second-order valence-corrected chi connectivity index (χ2v) is 29.5. The molecule has 0 aromatic rings. The highest BCUT2D eigenvalue weighted by Crippen LogP contribution is 2.45. The van der Waals surface area contributed by atoms with Crippen LogP contribution in [-0.2, 0) is 65.4 Å². The van der Waals surface area contributed by atoms with Gasteiger partial charge in [0.15, 0.2) is 12.2 Å². The van der Waals surface area contributed by atoms with E-state index < -0.39 is 97.5 Å². The third-order valence-corrected chi connectivity index (χ3v) is 18.5. The third kappa shape index (κ3) is 75.4. The SMILES string of the molecule is CCCCC/C=C\C/C=C\C/C=C\C/C=C\CCCC(=O)OC[C@H](COP(=O)(O)OC[C@@H](O)COP(=O)(O)OC[C@@H](COC(=O)CCC/C=C\C/C=C\C/C=C\C/C=C\CCCCC)OC(=O)CCCCCCC/C=C\CCCCCCCC)OC(=O)CCCCCCC/C=C\C/C=C\CCCCC. The van der Waals surface area contributed by atoms with Gasteiger partial charge < -0.3 is 33.8 Å². The molecule has 0 aliphatic heterocycles. The molecule has 0 aromatic carbocycles. The van der Waals surface area contributed by atoms with Gasteiger partial charge in [0, 0.05) is 25.7 Å². The molecule has 0 aromatic heterocycles. The van der Waals surface area contributed by atoms with Crippen LogP contribution in [0.25, 0.3) is 0 Å². The number of esters is 4. The number of rotatable bonds is 75. The van der Waals surface area contributed by atoms with E-state index in [2.05, 4.69) is 137 Å². The van der Waals surface area contributed by atoms with Gasteiger partial charge >= 0.3 is 39.5 Å². The van der Waals surface area contributed by atoms with Gasteiger partial charge in [0.25, 0.3) is 0 Å². The number of hydrogen-bond donors (Lipinski definition) is 3. The van der Waals surface area contributed by atoms with E-state index in [1.807, 2.05) is 24.3 Å². The standard InChI is InChI=1S/C85H144O17P2/c1-5-9-13-17-21-25-29-33-37-39-43-45-49-53-57-61-65-69-82(87)95-75-80(101-84(89)71-67-63-59-55-51-47-41-35-31-27-23-19-15-11-7-3)77-99-103(91,92)97-73-79(86)74-98-104(93,94)100-78-81(102-85(90)72-68-64-60-56-52-48-42-36-32-28-24-20-16-12-8-4)76-96-83(88)70-66-62-58-54-50-46-44-40-38-34-30-26-22-18-14-10-6-2/h21-23,25-27,33-38,41-46,53-54,57-58,79-81,86H,5-20,24,28-32,39-40,47-52,55-56,59-78H2,1-4H3,(H,91,92)(H,93,94)/b25-21-,26-22-,27-23-,37-33-,38-34-,41-35-,42-36-,45-43-,46-44-,57-53-,58-54-/t79-,80-,81-/m1/s1. The lowest BCUT2D eigenvalue weighted by Crippen LogP contribution is -2.30. The van der Waals surface area contributed by atoms with Crippen molar-refractivity contribution in [2.75, 3.05) is 39.6 Å². The van der Waals surface area contributed by atoms with Crippen LogP contribution in [0.3, 0.4) is 0 Å². The zero-order valence-electron chi connectivity index (χ0n) is 65.2. The van der Waals surface area contributed by atoms with Crippen LogP contribution in [0.5, 0.6) is 0 Å². The quantitative estimate of drug-likeness (QED) is 0.0169. The Bertz CT molecular complexity index is 2490. The highest BCUT2D eigenvalue weighted by atomic mass is 31.2. The van der Waals surface area contributed by atoms with Crippen LogP contribution in [0.2, 0.25) is 0 Å². The molecule has 104 heavy (non-hydrogen) atoms. The Morgan fingerprint density at radius 3 is 0.779 bits per heavy atom. The van der Waals surface area contributed by atoms with Gasteiger partial charge in [0.1, 0.15) is 19.3 Å². The number of hydrogen-bond acceptors (Lipinski definition) is 15. The molecule has 0 bridgehead atoms. The largest absolute Gasteiger partial charge is 0.472 e. The average molecular weight is 1500 g/mol. The summed E-state index contributed by atoms with van der Waals surface area (Å²) in [6, 6.07) is 0. The zero-order chi connectivity index (χ0) is 76.0. The van der Waals surface area contributed by atoms with E-state index in [1.54, 1.807) is 0 Å². The molecule has 0 fully saturated rings. The van der Waals surface area contributed by atoms with Crippen molar-refractivity contribution in [3.63, 3.8) is 0 Å². The summed E-state index contributed by atoms with van der Waals surface area (Å²) < 4.78 is 68.5. The van der Waals surface area contributed by atoms with Crippen LogP contribution in [0, 0.1) is 0 Å². The molecule has 0 spiro atoms. The number of aliphatic hydroxyl groups is 1. The molecule has 5 atom stereocenters. The molecule has 596 valence electrons. The molecule has 0 radical (unpaired) electrons. The summed E-state index contributed by atoms with van der Waals surface area (Å²) in [6.45, 7) is 4.65. The minimum Gasteiger partial charge on any atom is -0.462 e. The highest BCUT2D eigenvalue weighted by Gasteiger charge is 2.30. The smallest absolute Gasteiger partial charge is 0.462 e. The molecule has 19 heteroatoms. The van der Waals surface area contributed by atoms with Gasteiger partial charge in [-0.05, 0) is 161 Å². The maximum Gasteiger partial charge on any atom is 0.472 e. The summed E-state index contributed by atoms with van der Waals surface area (Å²) in [6.07, 6.45) is 85.8. The van der Waals surface area contributed by atoms with Gasteiger partial charge in [-0.2, -0.15) is 0 Å². The second-order valence-electron chi connectivity index (χ2n) is 26.6. The molecule has 2 unspecified atom stereocenters. The first-order valence-electron chi connectivity index (χ1n) is 40.4. The molecule has 0 rings (SSSR count). The van der Waals surface area contributed by atoms with E-state index in [-0.39, 0.29) is 25.7 Å². The molecule has 0 amide bonds. The fourth-order valence-corrected chi connectivity index (χ4v) is 11.9. The minimum absolute atomic E-state index is 0.0631. The normalized spacial score (nSPS) is 14.6. The Morgan fingerprint density at radius 1 is 0.269 bits per heavy atom. The molecule has 0 heterocycles. The van der Waals surface area contributed by atoms with Crippen molar-refractivity contribution in [2.45, 2.75) is 341 Å². The molecule has 3 N–H and O–H groups in total.